The summed E-state index contributed by atoms with van der Waals surface area (Å²) in [6.45, 7) is 11.1. The first-order chi connectivity index (χ1) is 7.60. The van der Waals surface area contributed by atoms with E-state index >= 15 is 0 Å². The van der Waals surface area contributed by atoms with Crippen LogP contribution in [0, 0.1) is 0 Å². The predicted molar refractivity (Wildman–Crippen MR) is 67.6 cm³/mol. The fourth-order valence-electron chi connectivity index (χ4n) is 1.46. The third kappa shape index (κ3) is 6.23. The van der Waals surface area contributed by atoms with Gasteiger partial charge >= 0.3 is 0 Å². The van der Waals surface area contributed by atoms with Crippen molar-refractivity contribution < 1.29 is 9.47 Å². The van der Waals surface area contributed by atoms with Crippen molar-refractivity contribution in [2.24, 2.45) is 5.73 Å². The van der Waals surface area contributed by atoms with Gasteiger partial charge in [-0.25, -0.2) is 0 Å². The Balaban J connectivity index is 3.79. The SMILES string of the molecule is C=C(C)COCCNC(CC)(CN)COC. The van der Waals surface area contributed by atoms with E-state index in [1.54, 1.807) is 7.11 Å². The Bertz CT molecular complexity index is 191. The highest BCUT2D eigenvalue weighted by molar-refractivity contribution is 4.89. The van der Waals surface area contributed by atoms with E-state index in [1.165, 1.54) is 0 Å². The summed E-state index contributed by atoms with van der Waals surface area (Å²) < 4.78 is 10.6. The number of nitrogens with one attached hydrogen (secondary N) is 1. The van der Waals surface area contributed by atoms with E-state index in [0.717, 1.165) is 18.5 Å². The highest BCUT2D eigenvalue weighted by Crippen LogP contribution is 2.08. The topological polar surface area (TPSA) is 56.5 Å². The van der Waals surface area contributed by atoms with Gasteiger partial charge in [0.15, 0.2) is 0 Å². The highest BCUT2D eigenvalue weighted by Gasteiger charge is 2.25. The lowest BCUT2D eigenvalue weighted by molar-refractivity contribution is 0.0956. The molecular weight excluding hydrogens is 204 g/mol. The second-order valence-corrected chi connectivity index (χ2v) is 4.21. The Morgan fingerprint density at radius 2 is 2.19 bits per heavy atom. The van der Waals surface area contributed by atoms with Crippen LogP contribution in [0.25, 0.3) is 0 Å². The van der Waals surface area contributed by atoms with Crippen molar-refractivity contribution >= 4 is 0 Å². The first-order valence-corrected chi connectivity index (χ1v) is 5.76. The van der Waals surface area contributed by atoms with Gasteiger partial charge in [-0.2, -0.15) is 0 Å². The van der Waals surface area contributed by atoms with E-state index in [2.05, 4.69) is 18.8 Å². The zero-order valence-corrected chi connectivity index (χ0v) is 10.8. The van der Waals surface area contributed by atoms with Crippen LogP contribution in [-0.2, 0) is 9.47 Å². The van der Waals surface area contributed by atoms with Gasteiger partial charge in [0.1, 0.15) is 0 Å². The van der Waals surface area contributed by atoms with Gasteiger partial charge in [0.25, 0.3) is 0 Å². The summed E-state index contributed by atoms with van der Waals surface area (Å²) in [7, 11) is 1.69. The lowest BCUT2D eigenvalue weighted by atomic mass is 9.97. The fraction of sp³-hybridized carbons (Fsp3) is 0.833. The zero-order valence-electron chi connectivity index (χ0n) is 10.8. The maximum Gasteiger partial charge on any atom is 0.0672 e. The van der Waals surface area contributed by atoms with Gasteiger partial charge in [0.2, 0.25) is 0 Å². The monoisotopic (exact) mass is 230 g/mol. The van der Waals surface area contributed by atoms with Gasteiger partial charge in [-0.3, -0.25) is 0 Å². The minimum absolute atomic E-state index is 0.124. The second-order valence-electron chi connectivity index (χ2n) is 4.21. The largest absolute Gasteiger partial charge is 0.383 e. The van der Waals surface area contributed by atoms with E-state index in [4.69, 9.17) is 15.2 Å². The Morgan fingerprint density at radius 3 is 2.62 bits per heavy atom. The molecule has 1 unspecified atom stereocenters. The average Bonchev–Trinajstić information content (AvgIpc) is 2.27. The van der Waals surface area contributed by atoms with Crippen LogP contribution in [0.3, 0.4) is 0 Å². The minimum atomic E-state index is -0.124. The Labute approximate surface area is 99.2 Å². The molecule has 0 amide bonds. The third-order valence-corrected chi connectivity index (χ3v) is 2.58. The third-order valence-electron chi connectivity index (χ3n) is 2.58. The lowest BCUT2D eigenvalue weighted by Crippen LogP contribution is -2.55. The molecule has 0 spiro atoms. The van der Waals surface area contributed by atoms with Gasteiger partial charge in [0.05, 0.1) is 25.4 Å². The maximum absolute atomic E-state index is 5.77. The first kappa shape index (κ1) is 15.6. The molecule has 0 rings (SSSR count). The van der Waals surface area contributed by atoms with E-state index in [-0.39, 0.29) is 5.54 Å². The molecule has 0 aromatic heterocycles. The summed E-state index contributed by atoms with van der Waals surface area (Å²) in [4.78, 5) is 0. The van der Waals surface area contributed by atoms with E-state index in [0.29, 0.717) is 26.4 Å². The highest BCUT2D eigenvalue weighted by atomic mass is 16.5. The molecule has 96 valence electrons. The summed E-state index contributed by atoms with van der Waals surface area (Å²) >= 11 is 0. The maximum atomic E-state index is 5.77. The van der Waals surface area contributed by atoms with Crippen molar-refractivity contribution in [3.63, 3.8) is 0 Å². The predicted octanol–water partition coefficient (Wildman–Crippen LogP) is 0.923. The number of methoxy groups -OCH3 is 1. The normalized spacial score (nSPS) is 14.8. The van der Waals surface area contributed by atoms with Crippen LogP contribution in [0.15, 0.2) is 12.2 Å². The quantitative estimate of drug-likeness (QED) is 0.433. The van der Waals surface area contributed by atoms with Crippen LogP contribution in [-0.4, -0.2) is 45.6 Å². The summed E-state index contributed by atoms with van der Waals surface area (Å²) in [6.07, 6.45) is 0.942. The minimum Gasteiger partial charge on any atom is -0.383 e. The van der Waals surface area contributed by atoms with Gasteiger partial charge in [-0.05, 0) is 13.3 Å². The molecule has 0 radical (unpaired) electrons. The van der Waals surface area contributed by atoms with E-state index in [1.807, 2.05) is 6.92 Å². The molecule has 0 bridgehead atoms. The number of rotatable bonds is 10. The Kier molecular flexibility index (Phi) is 8.47. The molecule has 0 fully saturated rings. The first-order valence-electron chi connectivity index (χ1n) is 5.76. The van der Waals surface area contributed by atoms with Crippen LogP contribution < -0.4 is 11.1 Å². The van der Waals surface area contributed by atoms with Crippen molar-refractivity contribution in [2.75, 3.05) is 40.0 Å². The van der Waals surface area contributed by atoms with Crippen LogP contribution in [0.5, 0.6) is 0 Å². The van der Waals surface area contributed by atoms with Gasteiger partial charge in [-0.1, -0.05) is 19.1 Å². The molecule has 1 atom stereocenters. The molecular formula is C12H26N2O2. The summed E-state index contributed by atoms with van der Waals surface area (Å²) in [5.74, 6) is 0. The van der Waals surface area contributed by atoms with Crippen LogP contribution in [0.2, 0.25) is 0 Å². The zero-order chi connectivity index (χ0) is 12.4. The molecule has 0 saturated heterocycles. The van der Waals surface area contributed by atoms with Gasteiger partial charge in [-0.15, -0.1) is 0 Å². The van der Waals surface area contributed by atoms with Gasteiger partial charge < -0.3 is 20.5 Å². The Morgan fingerprint density at radius 1 is 1.50 bits per heavy atom. The molecule has 0 aliphatic rings. The molecule has 3 N–H and O–H groups in total. The molecule has 4 nitrogen and oxygen atoms in total. The van der Waals surface area contributed by atoms with Crippen LogP contribution in [0.4, 0.5) is 0 Å². The van der Waals surface area contributed by atoms with Crippen molar-refractivity contribution in [3.05, 3.63) is 12.2 Å². The van der Waals surface area contributed by atoms with Gasteiger partial charge in [0, 0.05) is 20.2 Å². The fourth-order valence-corrected chi connectivity index (χ4v) is 1.46. The smallest absolute Gasteiger partial charge is 0.0672 e. The number of nitrogens with two attached hydrogens (primary N) is 1. The molecule has 0 aliphatic carbocycles. The van der Waals surface area contributed by atoms with Crippen molar-refractivity contribution in [1.29, 1.82) is 0 Å². The molecule has 0 aromatic rings. The number of hydrogen-bond acceptors (Lipinski definition) is 4. The van der Waals surface area contributed by atoms with Crippen molar-refractivity contribution in [3.8, 4) is 0 Å². The number of hydrogen-bond donors (Lipinski definition) is 2. The molecule has 16 heavy (non-hydrogen) atoms. The standard InChI is InChI=1S/C12H26N2O2/c1-5-12(9-13,10-15-4)14-6-7-16-8-11(2)3/h14H,2,5-10,13H2,1,3-4H3. The number of ether oxygens (including phenoxy) is 2. The van der Waals surface area contributed by atoms with Crippen LogP contribution >= 0.6 is 0 Å². The average molecular weight is 230 g/mol. The molecule has 0 saturated carbocycles. The summed E-state index contributed by atoms with van der Waals surface area (Å²) in [5.41, 5.74) is 6.69. The van der Waals surface area contributed by atoms with Crippen molar-refractivity contribution in [1.82, 2.24) is 5.32 Å². The van der Waals surface area contributed by atoms with E-state index < -0.39 is 0 Å². The lowest BCUT2D eigenvalue weighted by Gasteiger charge is -2.32. The molecule has 0 aromatic carbocycles. The molecule has 0 heterocycles. The van der Waals surface area contributed by atoms with E-state index in [9.17, 15) is 0 Å². The summed E-state index contributed by atoms with van der Waals surface area (Å²) in [5, 5.41) is 3.40. The Hall–Kier alpha value is -0.420. The second kappa shape index (κ2) is 8.70. The van der Waals surface area contributed by atoms with Crippen LogP contribution in [0.1, 0.15) is 20.3 Å². The molecule has 4 heteroatoms. The van der Waals surface area contributed by atoms with Crippen molar-refractivity contribution in [2.45, 2.75) is 25.8 Å². The summed E-state index contributed by atoms with van der Waals surface area (Å²) in [6, 6.07) is 0. The molecule has 0 aliphatic heterocycles.